The van der Waals surface area contributed by atoms with Crippen LogP contribution >= 0.6 is 0 Å². The summed E-state index contributed by atoms with van der Waals surface area (Å²) in [6.45, 7) is 4.18. The van der Waals surface area contributed by atoms with Crippen molar-refractivity contribution in [2.75, 3.05) is 0 Å². The van der Waals surface area contributed by atoms with Crippen LogP contribution in [0.25, 0.3) is 0 Å². The lowest BCUT2D eigenvalue weighted by atomic mass is 9.99. The Kier molecular flexibility index (Phi) is 8.82. The summed E-state index contributed by atoms with van der Waals surface area (Å²) in [5, 5.41) is -1.13. The fourth-order valence-electron chi connectivity index (χ4n) is 1.91. The van der Waals surface area contributed by atoms with Gasteiger partial charge in [0.25, 0.3) is 10.1 Å². The molecule has 4 nitrogen and oxygen atoms in total. The standard InChI is InChI=1S/C12H27NO3S/c1-3-4-5-6-7-8-9-11(2)10-12(13)17(14,15)16/h11-12H,3-10,13H2,1-2H3,(H,14,15,16). The van der Waals surface area contributed by atoms with Gasteiger partial charge in [0.15, 0.2) is 0 Å². The van der Waals surface area contributed by atoms with E-state index in [9.17, 15) is 8.42 Å². The summed E-state index contributed by atoms with van der Waals surface area (Å²) in [6.07, 6.45) is 8.72. The Morgan fingerprint density at radius 3 is 2.18 bits per heavy atom. The van der Waals surface area contributed by atoms with Crippen molar-refractivity contribution in [1.29, 1.82) is 0 Å². The van der Waals surface area contributed by atoms with Gasteiger partial charge in [0.2, 0.25) is 0 Å². The van der Waals surface area contributed by atoms with E-state index in [-0.39, 0.29) is 5.92 Å². The highest BCUT2D eigenvalue weighted by molar-refractivity contribution is 7.86. The largest absolute Gasteiger partial charge is 0.313 e. The van der Waals surface area contributed by atoms with E-state index >= 15 is 0 Å². The molecule has 5 heteroatoms. The maximum Gasteiger partial charge on any atom is 0.280 e. The van der Waals surface area contributed by atoms with Crippen LogP contribution in [0.15, 0.2) is 0 Å². The van der Waals surface area contributed by atoms with Crippen molar-refractivity contribution in [3.05, 3.63) is 0 Å². The molecule has 0 amide bonds. The van der Waals surface area contributed by atoms with Gasteiger partial charge in [-0.3, -0.25) is 4.55 Å². The van der Waals surface area contributed by atoms with E-state index in [1.807, 2.05) is 6.92 Å². The van der Waals surface area contributed by atoms with Gasteiger partial charge in [-0.2, -0.15) is 8.42 Å². The van der Waals surface area contributed by atoms with Gasteiger partial charge >= 0.3 is 0 Å². The lowest BCUT2D eigenvalue weighted by Crippen LogP contribution is -2.31. The zero-order chi connectivity index (χ0) is 13.3. The molecule has 0 saturated carbocycles. The molecule has 0 radical (unpaired) electrons. The van der Waals surface area contributed by atoms with Crippen LogP contribution in [0.1, 0.15) is 65.2 Å². The van der Waals surface area contributed by atoms with Gasteiger partial charge in [-0.25, -0.2) is 0 Å². The molecule has 2 atom stereocenters. The van der Waals surface area contributed by atoms with Crippen LogP contribution < -0.4 is 5.73 Å². The molecular weight excluding hydrogens is 238 g/mol. The smallest absolute Gasteiger partial charge is 0.280 e. The molecule has 0 aliphatic heterocycles. The second kappa shape index (κ2) is 8.89. The predicted octanol–water partition coefficient (Wildman–Crippen LogP) is 2.94. The fraction of sp³-hybridized carbons (Fsp3) is 1.00. The summed E-state index contributed by atoms with van der Waals surface area (Å²) in [4.78, 5) is 0. The molecule has 0 spiro atoms. The van der Waals surface area contributed by atoms with Crippen molar-refractivity contribution in [3.63, 3.8) is 0 Å². The molecule has 104 valence electrons. The number of nitrogens with two attached hydrogens (primary N) is 1. The van der Waals surface area contributed by atoms with E-state index in [0.29, 0.717) is 6.42 Å². The zero-order valence-corrected chi connectivity index (χ0v) is 11.9. The third-order valence-corrected chi connectivity index (χ3v) is 4.03. The average molecular weight is 265 g/mol. The van der Waals surface area contributed by atoms with E-state index in [1.165, 1.54) is 32.1 Å². The van der Waals surface area contributed by atoms with Crippen LogP contribution in [0, 0.1) is 5.92 Å². The summed E-state index contributed by atoms with van der Waals surface area (Å²) in [7, 11) is -4.06. The molecular formula is C12H27NO3S. The normalized spacial score (nSPS) is 15.8. The van der Waals surface area contributed by atoms with Crippen molar-refractivity contribution in [2.45, 2.75) is 70.6 Å². The van der Waals surface area contributed by atoms with E-state index in [1.54, 1.807) is 0 Å². The molecule has 0 heterocycles. The van der Waals surface area contributed by atoms with Gasteiger partial charge in [0.05, 0.1) is 0 Å². The topological polar surface area (TPSA) is 80.4 Å². The molecule has 0 aromatic rings. The van der Waals surface area contributed by atoms with Crippen LogP contribution in [0.3, 0.4) is 0 Å². The van der Waals surface area contributed by atoms with E-state index in [4.69, 9.17) is 10.3 Å². The monoisotopic (exact) mass is 265 g/mol. The Labute approximate surface area is 106 Å². The van der Waals surface area contributed by atoms with Crippen LogP contribution in [-0.4, -0.2) is 18.3 Å². The van der Waals surface area contributed by atoms with Crippen molar-refractivity contribution in [3.8, 4) is 0 Å². The van der Waals surface area contributed by atoms with Gasteiger partial charge in [0.1, 0.15) is 5.37 Å². The van der Waals surface area contributed by atoms with E-state index < -0.39 is 15.5 Å². The molecule has 0 bridgehead atoms. The lowest BCUT2D eigenvalue weighted by molar-refractivity contribution is 0.416. The van der Waals surface area contributed by atoms with Gasteiger partial charge in [0, 0.05) is 0 Å². The van der Waals surface area contributed by atoms with Gasteiger partial charge < -0.3 is 5.73 Å². The van der Waals surface area contributed by atoms with Crippen molar-refractivity contribution >= 4 is 10.1 Å². The Bertz CT molecular complexity index is 277. The SMILES string of the molecule is CCCCCCCCC(C)CC(N)S(=O)(=O)O. The second-order valence-electron chi connectivity index (χ2n) is 4.95. The highest BCUT2D eigenvalue weighted by Crippen LogP contribution is 2.17. The second-order valence-corrected chi connectivity index (χ2v) is 6.59. The maximum absolute atomic E-state index is 10.7. The highest BCUT2D eigenvalue weighted by atomic mass is 32.2. The molecule has 3 N–H and O–H groups in total. The Balaban J connectivity index is 3.56. The molecule has 0 saturated heterocycles. The lowest BCUT2D eigenvalue weighted by Gasteiger charge is -2.14. The minimum absolute atomic E-state index is 0.248. The van der Waals surface area contributed by atoms with Crippen LogP contribution in [0.4, 0.5) is 0 Å². The summed E-state index contributed by atoms with van der Waals surface area (Å²) < 4.78 is 30.2. The third kappa shape index (κ3) is 9.56. The number of hydrogen-bond acceptors (Lipinski definition) is 3. The molecule has 2 unspecified atom stereocenters. The quantitative estimate of drug-likeness (QED) is 0.470. The first-order chi connectivity index (χ1) is 7.88. The minimum Gasteiger partial charge on any atom is -0.313 e. The number of hydrogen-bond donors (Lipinski definition) is 2. The van der Waals surface area contributed by atoms with Crippen LogP contribution in [-0.2, 0) is 10.1 Å². The predicted molar refractivity (Wildman–Crippen MR) is 71.3 cm³/mol. The first-order valence-electron chi connectivity index (χ1n) is 6.59. The summed E-state index contributed by atoms with van der Waals surface area (Å²) >= 11 is 0. The molecule has 17 heavy (non-hydrogen) atoms. The molecule has 0 aliphatic rings. The van der Waals surface area contributed by atoms with Crippen LogP contribution in [0.5, 0.6) is 0 Å². The van der Waals surface area contributed by atoms with Crippen molar-refractivity contribution < 1.29 is 13.0 Å². The summed E-state index contributed by atoms with van der Waals surface area (Å²) in [6, 6.07) is 0. The van der Waals surface area contributed by atoms with Crippen molar-refractivity contribution in [1.82, 2.24) is 0 Å². The fourth-order valence-corrected chi connectivity index (χ4v) is 2.48. The highest BCUT2D eigenvalue weighted by Gasteiger charge is 2.20. The third-order valence-electron chi connectivity index (χ3n) is 3.07. The molecule has 0 aliphatic carbocycles. The Hall–Kier alpha value is -0.130. The molecule has 0 aromatic carbocycles. The first kappa shape index (κ1) is 16.9. The van der Waals surface area contributed by atoms with E-state index in [2.05, 4.69) is 6.92 Å². The molecule has 0 rings (SSSR count). The Morgan fingerprint density at radius 2 is 1.65 bits per heavy atom. The maximum atomic E-state index is 10.7. The minimum atomic E-state index is -4.06. The van der Waals surface area contributed by atoms with Crippen LogP contribution in [0.2, 0.25) is 0 Å². The zero-order valence-electron chi connectivity index (χ0n) is 11.1. The van der Waals surface area contributed by atoms with Gasteiger partial charge in [-0.1, -0.05) is 58.8 Å². The van der Waals surface area contributed by atoms with Crippen molar-refractivity contribution in [2.24, 2.45) is 11.7 Å². The summed E-state index contributed by atoms with van der Waals surface area (Å²) in [5.74, 6) is 0.248. The van der Waals surface area contributed by atoms with Gasteiger partial charge in [-0.05, 0) is 12.3 Å². The first-order valence-corrected chi connectivity index (χ1v) is 8.10. The number of rotatable bonds is 10. The molecule has 0 fully saturated rings. The van der Waals surface area contributed by atoms with Gasteiger partial charge in [-0.15, -0.1) is 0 Å². The average Bonchev–Trinajstić information content (AvgIpc) is 2.21. The van der Waals surface area contributed by atoms with E-state index in [0.717, 1.165) is 12.8 Å². The number of unbranched alkanes of at least 4 members (excludes halogenated alkanes) is 5. The Morgan fingerprint density at radius 1 is 1.12 bits per heavy atom. The summed E-state index contributed by atoms with van der Waals surface area (Å²) in [5.41, 5.74) is 5.38. The molecule has 0 aromatic heterocycles.